The third-order valence-electron chi connectivity index (χ3n) is 5.57. The van der Waals surface area contributed by atoms with Crippen molar-refractivity contribution in [2.24, 2.45) is 5.92 Å². The monoisotopic (exact) mass is 408 g/mol. The Labute approximate surface area is 171 Å². The number of para-hydroxylation sites is 1. The van der Waals surface area contributed by atoms with Gasteiger partial charge in [-0.15, -0.1) is 0 Å². The molecule has 0 radical (unpaired) electrons. The normalized spacial score (nSPS) is 17.9. The van der Waals surface area contributed by atoms with Crippen molar-refractivity contribution in [2.75, 3.05) is 25.0 Å². The average Bonchev–Trinajstić information content (AvgIpc) is 2.78. The van der Waals surface area contributed by atoms with Gasteiger partial charge >= 0.3 is 0 Å². The van der Waals surface area contributed by atoms with Crippen LogP contribution < -0.4 is 4.90 Å². The van der Waals surface area contributed by atoms with Crippen LogP contribution in [0.15, 0.2) is 77.7 Å². The Bertz CT molecular complexity index is 1130. The number of anilines is 1. The predicted molar refractivity (Wildman–Crippen MR) is 115 cm³/mol. The summed E-state index contributed by atoms with van der Waals surface area (Å²) in [4.78, 5) is 14.9. The molecule has 0 spiro atoms. The van der Waals surface area contributed by atoms with Gasteiger partial charge in [0.05, 0.1) is 10.8 Å². The van der Waals surface area contributed by atoms with Crippen molar-refractivity contribution in [1.29, 1.82) is 0 Å². The number of benzene rings is 3. The Kier molecular flexibility index (Phi) is 5.39. The van der Waals surface area contributed by atoms with Gasteiger partial charge in [-0.25, -0.2) is 8.42 Å². The number of carbonyl (C=O) groups excluding carboxylic acids is 1. The van der Waals surface area contributed by atoms with Crippen LogP contribution in [0.25, 0.3) is 10.8 Å². The number of hydrogen-bond acceptors (Lipinski definition) is 3. The summed E-state index contributed by atoms with van der Waals surface area (Å²) in [6.45, 7) is 0.652. The van der Waals surface area contributed by atoms with Gasteiger partial charge in [-0.3, -0.25) is 4.79 Å². The van der Waals surface area contributed by atoms with Crippen molar-refractivity contribution in [3.05, 3.63) is 72.8 Å². The van der Waals surface area contributed by atoms with Crippen molar-refractivity contribution in [1.82, 2.24) is 4.31 Å². The van der Waals surface area contributed by atoms with Crippen LogP contribution in [0, 0.1) is 5.92 Å². The van der Waals surface area contributed by atoms with E-state index in [1.165, 1.54) is 4.31 Å². The van der Waals surface area contributed by atoms with E-state index in [-0.39, 0.29) is 23.3 Å². The highest BCUT2D eigenvalue weighted by Crippen LogP contribution is 2.28. The van der Waals surface area contributed by atoms with Gasteiger partial charge in [0.2, 0.25) is 15.9 Å². The molecule has 0 bridgehead atoms. The molecule has 0 N–H and O–H groups in total. The van der Waals surface area contributed by atoms with E-state index in [9.17, 15) is 13.2 Å². The number of amides is 1. The average molecular weight is 409 g/mol. The van der Waals surface area contributed by atoms with Gasteiger partial charge < -0.3 is 4.90 Å². The summed E-state index contributed by atoms with van der Waals surface area (Å²) in [7, 11) is -1.90. The van der Waals surface area contributed by atoms with Crippen molar-refractivity contribution >= 4 is 32.4 Å². The molecule has 1 heterocycles. The smallest absolute Gasteiger partial charge is 0.243 e. The van der Waals surface area contributed by atoms with E-state index in [0.29, 0.717) is 19.4 Å². The van der Waals surface area contributed by atoms with Crippen LogP contribution in [-0.2, 0) is 14.8 Å². The number of sulfonamides is 1. The maximum absolute atomic E-state index is 13.2. The predicted octanol–water partition coefficient (Wildman–Crippen LogP) is 3.90. The maximum atomic E-state index is 13.2. The molecule has 1 amide bonds. The summed E-state index contributed by atoms with van der Waals surface area (Å²) in [5.74, 6) is -0.390. The van der Waals surface area contributed by atoms with Gasteiger partial charge in [0, 0.05) is 25.8 Å². The molecule has 1 fully saturated rings. The minimum Gasteiger partial charge on any atom is -0.315 e. The lowest BCUT2D eigenvalue weighted by molar-refractivity contribution is -0.123. The molecule has 0 saturated carbocycles. The Hall–Kier alpha value is -2.70. The van der Waals surface area contributed by atoms with E-state index in [0.717, 1.165) is 16.5 Å². The summed E-state index contributed by atoms with van der Waals surface area (Å²) >= 11 is 0. The van der Waals surface area contributed by atoms with Crippen LogP contribution in [0.2, 0.25) is 0 Å². The Morgan fingerprint density at radius 2 is 1.66 bits per heavy atom. The fourth-order valence-corrected chi connectivity index (χ4v) is 5.45. The lowest BCUT2D eigenvalue weighted by atomic mass is 9.98. The molecular weight excluding hydrogens is 384 g/mol. The van der Waals surface area contributed by atoms with Gasteiger partial charge in [0.25, 0.3) is 0 Å². The molecule has 0 unspecified atom stereocenters. The lowest BCUT2D eigenvalue weighted by Gasteiger charge is -2.33. The second-order valence-corrected chi connectivity index (χ2v) is 9.38. The van der Waals surface area contributed by atoms with Crippen LogP contribution >= 0.6 is 0 Å². The fraction of sp³-hybridized carbons (Fsp3) is 0.261. The summed E-state index contributed by atoms with van der Waals surface area (Å²) in [6.07, 6.45) is 1.37. The van der Waals surface area contributed by atoms with Crippen molar-refractivity contribution < 1.29 is 13.2 Å². The van der Waals surface area contributed by atoms with E-state index in [1.54, 1.807) is 24.1 Å². The number of piperidine rings is 1. The first-order valence-electron chi connectivity index (χ1n) is 9.78. The van der Waals surface area contributed by atoms with Gasteiger partial charge in [-0.2, -0.15) is 4.31 Å². The van der Waals surface area contributed by atoms with E-state index < -0.39 is 10.0 Å². The molecule has 0 aliphatic carbocycles. The SMILES string of the molecule is CN(C(=O)[C@H]1CCCN(S(=O)(=O)c2ccc3ccccc3c2)C1)c1ccccc1. The van der Waals surface area contributed by atoms with Crippen LogP contribution in [0.1, 0.15) is 12.8 Å². The van der Waals surface area contributed by atoms with Crippen LogP contribution in [0.3, 0.4) is 0 Å². The zero-order valence-corrected chi connectivity index (χ0v) is 17.2. The molecule has 5 nitrogen and oxygen atoms in total. The first kappa shape index (κ1) is 19.6. The molecule has 1 aliphatic rings. The van der Waals surface area contributed by atoms with Gasteiger partial charge in [-0.1, -0.05) is 48.5 Å². The van der Waals surface area contributed by atoms with Gasteiger partial charge in [0.1, 0.15) is 0 Å². The number of fused-ring (bicyclic) bond motifs is 1. The minimum absolute atomic E-state index is 0.0467. The number of nitrogens with zero attached hydrogens (tertiary/aromatic N) is 2. The molecule has 1 atom stereocenters. The van der Waals surface area contributed by atoms with Crippen LogP contribution in [0.4, 0.5) is 5.69 Å². The molecule has 150 valence electrons. The Morgan fingerprint density at radius 1 is 0.966 bits per heavy atom. The van der Waals surface area contributed by atoms with E-state index in [2.05, 4.69) is 0 Å². The van der Waals surface area contributed by atoms with Crippen molar-refractivity contribution in [3.8, 4) is 0 Å². The van der Waals surface area contributed by atoms with Crippen LogP contribution in [-0.4, -0.2) is 38.8 Å². The standard InChI is InChI=1S/C23H24N2O3S/c1-24(21-11-3-2-4-12-21)23(26)20-10-7-15-25(17-20)29(27,28)22-14-13-18-8-5-6-9-19(18)16-22/h2-6,8-9,11-14,16,20H,7,10,15,17H2,1H3/t20-/m0/s1. The molecule has 6 heteroatoms. The van der Waals surface area contributed by atoms with Gasteiger partial charge in [0.15, 0.2) is 0 Å². The first-order valence-corrected chi connectivity index (χ1v) is 11.2. The molecular formula is C23H24N2O3S. The maximum Gasteiger partial charge on any atom is 0.243 e. The highest BCUT2D eigenvalue weighted by atomic mass is 32.2. The summed E-state index contributed by atoms with van der Waals surface area (Å²) in [5.41, 5.74) is 0.812. The molecule has 4 rings (SSSR count). The largest absolute Gasteiger partial charge is 0.315 e. The highest BCUT2D eigenvalue weighted by Gasteiger charge is 2.34. The second kappa shape index (κ2) is 7.97. The van der Waals surface area contributed by atoms with E-state index in [4.69, 9.17) is 0 Å². The second-order valence-electron chi connectivity index (χ2n) is 7.44. The fourth-order valence-electron chi connectivity index (χ4n) is 3.89. The molecule has 3 aromatic rings. The van der Waals surface area contributed by atoms with Crippen LogP contribution in [0.5, 0.6) is 0 Å². The van der Waals surface area contributed by atoms with Gasteiger partial charge in [-0.05, 0) is 47.9 Å². The zero-order valence-electron chi connectivity index (χ0n) is 16.4. The molecule has 3 aromatic carbocycles. The molecule has 29 heavy (non-hydrogen) atoms. The zero-order chi connectivity index (χ0) is 20.4. The molecule has 0 aromatic heterocycles. The third kappa shape index (κ3) is 3.91. The summed E-state index contributed by atoms with van der Waals surface area (Å²) < 4.78 is 27.9. The molecule has 1 aliphatic heterocycles. The van der Waals surface area contributed by atoms with Crippen molar-refractivity contribution in [2.45, 2.75) is 17.7 Å². The Morgan fingerprint density at radius 3 is 2.41 bits per heavy atom. The summed E-state index contributed by atoms with van der Waals surface area (Å²) in [5, 5.41) is 1.89. The topological polar surface area (TPSA) is 57.7 Å². The van der Waals surface area contributed by atoms with E-state index in [1.807, 2.05) is 60.7 Å². The highest BCUT2D eigenvalue weighted by molar-refractivity contribution is 7.89. The lowest BCUT2D eigenvalue weighted by Crippen LogP contribution is -2.45. The first-order chi connectivity index (χ1) is 14.0. The van der Waals surface area contributed by atoms with E-state index >= 15 is 0 Å². The number of carbonyl (C=O) groups is 1. The third-order valence-corrected chi connectivity index (χ3v) is 7.43. The number of hydrogen-bond donors (Lipinski definition) is 0. The quantitative estimate of drug-likeness (QED) is 0.658. The van der Waals surface area contributed by atoms with Crippen molar-refractivity contribution in [3.63, 3.8) is 0 Å². The minimum atomic E-state index is -3.65. The molecule has 1 saturated heterocycles. The number of rotatable bonds is 4. The summed E-state index contributed by atoms with van der Waals surface area (Å²) in [6, 6.07) is 22.3. The Balaban J connectivity index is 1.56.